The first-order valence-corrected chi connectivity index (χ1v) is 8.40. The Hall–Kier alpha value is -1.90. The molecule has 0 radical (unpaired) electrons. The summed E-state index contributed by atoms with van der Waals surface area (Å²) in [5.41, 5.74) is 0. The number of hydrogen-bond acceptors (Lipinski definition) is 5. The molecule has 1 heterocycles. The lowest BCUT2D eigenvalue weighted by Crippen LogP contribution is -2.47. The van der Waals surface area contributed by atoms with Crippen LogP contribution in [0.2, 0.25) is 0 Å². The number of rotatable bonds is 5. The number of carboxylic acid groups (broad SMARTS) is 1. The number of carbonyl (C=O) groups is 2. The Balaban J connectivity index is 2.17. The predicted octanol–water partition coefficient (Wildman–Crippen LogP) is 0.264. The Morgan fingerprint density at radius 1 is 1.43 bits per heavy atom. The zero-order valence-electron chi connectivity index (χ0n) is 11.6. The van der Waals surface area contributed by atoms with Crippen molar-refractivity contribution in [3.63, 3.8) is 0 Å². The van der Waals surface area contributed by atoms with E-state index in [4.69, 9.17) is 5.11 Å². The zero-order valence-corrected chi connectivity index (χ0v) is 12.4. The number of carboxylic acids is 1. The van der Waals surface area contributed by atoms with Gasteiger partial charge in [-0.25, -0.2) is 8.42 Å². The molecule has 0 aliphatic heterocycles. The van der Waals surface area contributed by atoms with Crippen molar-refractivity contribution in [1.29, 1.82) is 0 Å². The van der Waals surface area contributed by atoms with Gasteiger partial charge in [0.15, 0.2) is 20.4 Å². The number of amides is 1. The van der Waals surface area contributed by atoms with Crippen LogP contribution in [0.5, 0.6) is 0 Å². The molecule has 0 bridgehead atoms. The van der Waals surface area contributed by atoms with Crippen LogP contribution in [0.1, 0.15) is 25.7 Å². The highest BCUT2D eigenvalue weighted by atomic mass is 32.2. The second-order valence-electron chi connectivity index (χ2n) is 5.22. The summed E-state index contributed by atoms with van der Waals surface area (Å²) in [6, 6.07) is 1.44. The van der Waals surface area contributed by atoms with Crippen LogP contribution in [0, 0.1) is 0 Å². The largest absolute Gasteiger partial charge is 0.480 e. The fraction of sp³-hybridized carbons (Fsp3) is 0.583. The maximum Gasteiger partial charge on any atom is 0.325 e. The molecular weight excluding hydrogens is 298 g/mol. The van der Waals surface area contributed by atoms with Crippen molar-refractivity contribution in [3.05, 3.63) is 12.3 Å². The number of aromatic nitrogens is 2. The van der Waals surface area contributed by atoms with Gasteiger partial charge in [-0.3, -0.25) is 14.3 Å². The number of hydrogen-bond donors (Lipinski definition) is 2. The van der Waals surface area contributed by atoms with Gasteiger partial charge in [0.1, 0.15) is 6.54 Å². The lowest BCUT2D eigenvalue weighted by atomic mass is 10.1. The molecule has 2 N–H and O–H groups in total. The Morgan fingerprint density at radius 2 is 2.05 bits per heavy atom. The smallest absolute Gasteiger partial charge is 0.325 e. The number of sulfone groups is 1. The van der Waals surface area contributed by atoms with Gasteiger partial charge in [0.25, 0.3) is 0 Å². The van der Waals surface area contributed by atoms with E-state index >= 15 is 0 Å². The zero-order chi connectivity index (χ0) is 15.7. The van der Waals surface area contributed by atoms with E-state index in [1.165, 1.54) is 12.3 Å². The van der Waals surface area contributed by atoms with Crippen LogP contribution in [0.4, 0.5) is 5.82 Å². The summed E-state index contributed by atoms with van der Waals surface area (Å²) in [5, 5.41) is 15.0. The van der Waals surface area contributed by atoms with Gasteiger partial charge in [0.2, 0.25) is 5.91 Å². The van der Waals surface area contributed by atoms with Crippen LogP contribution >= 0.6 is 0 Å². The standard InChI is InChI=1S/C12H17N3O5S/c1-21(19,20)12(5-2-3-6-12)11(18)13-9-4-7-15(14-9)8-10(16)17/h4,7H,2-3,5-6,8H2,1H3,(H,16,17)(H,13,14,18). The number of anilines is 1. The second kappa shape index (κ2) is 5.47. The molecule has 0 atom stereocenters. The summed E-state index contributed by atoms with van der Waals surface area (Å²) in [5.74, 6) is -1.50. The maximum absolute atomic E-state index is 12.4. The topological polar surface area (TPSA) is 118 Å². The van der Waals surface area contributed by atoms with Crippen LogP contribution in [-0.2, 0) is 26.0 Å². The van der Waals surface area contributed by atoms with Crippen molar-refractivity contribution < 1.29 is 23.1 Å². The molecular formula is C12H17N3O5S. The van der Waals surface area contributed by atoms with E-state index < -0.39 is 26.5 Å². The SMILES string of the molecule is CS(=O)(=O)C1(C(=O)Nc2ccn(CC(=O)O)n2)CCCC1. The summed E-state index contributed by atoms with van der Waals surface area (Å²) >= 11 is 0. The van der Waals surface area contributed by atoms with Gasteiger partial charge in [-0.1, -0.05) is 12.8 Å². The van der Waals surface area contributed by atoms with E-state index in [1.807, 2.05) is 0 Å². The third-order valence-electron chi connectivity index (χ3n) is 3.71. The minimum atomic E-state index is -3.54. The molecule has 1 amide bonds. The fourth-order valence-electron chi connectivity index (χ4n) is 2.60. The molecule has 1 saturated carbocycles. The van der Waals surface area contributed by atoms with Crippen LogP contribution in [0.15, 0.2) is 12.3 Å². The summed E-state index contributed by atoms with van der Waals surface area (Å²) in [6.07, 6.45) is 4.45. The summed E-state index contributed by atoms with van der Waals surface area (Å²) in [6.45, 7) is -0.326. The molecule has 0 unspecified atom stereocenters. The molecule has 1 fully saturated rings. The van der Waals surface area contributed by atoms with E-state index in [2.05, 4.69) is 10.4 Å². The summed E-state index contributed by atoms with van der Waals surface area (Å²) < 4.78 is 23.7. The number of aliphatic carboxylic acids is 1. The molecule has 9 heteroatoms. The lowest BCUT2D eigenvalue weighted by Gasteiger charge is -2.24. The highest BCUT2D eigenvalue weighted by Gasteiger charge is 2.50. The van der Waals surface area contributed by atoms with Gasteiger partial charge < -0.3 is 10.4 Å². The van der Waals surface area contributed by atoms with Gasteiger partial charge in [-0.15, -0.1) is 0 Å². The first kappa shape index (κ1) is 15.5. The molecule has 2 rings (SSSR count). The molecule has 116 valence electrons. The van der Waals surface area contributed by atoms with E-state index in [9.17, 15) is 18.0 Å². The first-order chi connectivity index (χ1) is 9.74. The molecule has 1 aromatic heterocycles. The second-order valence-corrected chi connectivity index (χ2v) is 7.55. The van der Waals surface area contributed by atoms with E-state index in [0.717, 1.165) is 10.9 Å². The molecule has 1 aliphatic rings. The monoisotopic (exact) mass is 315 g/mol. The molecule has 0 spiro atoms. The van der Waals surface area contributed by atoms with Crippen molar-refractivity contribution >= 4 is 27.5 Å². The number of nitrogens with one attached hydrogen (secondary N) is 1. The maximum atomic E-state index is 12.4. The van der Waals surface area contributed by atoms with Crippen LogP contribution in [0.3, 0.4) is 0 Å². The molecule has 1 aromatic rings. The van der Waals surface area contributed by atoms with Gasteiger partial charge in [0.05, 0.1) is 0 Å². The number of carbonyl (C=O) groups excluding carboxylic acids is 1. The molecule has 1 aliphatic carbocycles. The Bertz CT molecular complexity index is 658. The minimum Gasteiger partial charge on any atom is -0.480 e. The highest BCUT2D eigenvalue weighted by molar-refractivity contribution is 7.92. The van der Waals surface area contributed by atoms with E-state index in [0.29, 0.717) is 25.7 Å². The molecule has 0 aromatic carbocycles. The average molecular weight is 315 g/mol. The quantitative estimate of drug-likeness (QED) is 0.805. The van der Waals surface area contributed by atoms with Crippen molar-refractivity contribution in [2.24, 2.45) is 0 Å². The molecule has 0 saturated heterocycles. The van der Waals surface area contributed by atoms with Crippen LogP contribution in [0.25, 0.3) is 0 Å². The first-order valence-electron chi connectivity index (χ1n) is 6.51. The Kier molecular flexibility index (Phi) is 4.04. The van der Waals surface area contributed by atoms with Crippen LogP contribution in [-0.4, -0.2) is 46.2 Å². The Morgan fingerprint density at radius 3 is 2.57 bits per heavy atom. The van der Waals surface area contributed by atoms with Crippen molar-refractivity contribution in [2.45, 2.75) is 37.0 Å². The van der Waals surface area contributed by atoms with Gasteiger partial charge in [-0.05, 0) is 12.8 Å². The van der Waals surface area contributed by atoms with Crippen molar-refractivity contribution in [3.8, 4) is 0 Å². The van der Waals surface area contributed by atoms with Gasteiger partial charge in [0, 0.05) is 18.5 Å². The molecule has 21 heavy (non-hydrogen) atoms. The van der Waals surface area contributed by atoms with Gasteiger partial charge >= 0.3 is 5.97 Å². The van der Waals surface area contributed by atoms with Gasteiger partial charge in [-0.2, -0.15) is 5.10 Å². The molecule has 8 nitrogen and oxygen atoms in total. The fourth-order valence-corrected chi connectivity index (χ4v) is 4.02. The third-order valence-corrected chi connectivity index (χ3v) is 5.73. The van der Waals surface area contributed by atoms with Crippen molar-refractivity contribution in [2.75, 3.05) is 11.6 Å². The summed E-state index contributed by atoms with van der Waals surface area (Å²) in [7, 11) is -3.54. The predicted molar refractivity (Wildman–Crippen MR) is 74.5 cm³/mol. The van der Waals surface area contributed by atoms with E-state index in [1.54, 1.807) is 0 Å². The van der Waals surface area contributed by atoms with Crippen molar-refractivity contribution in [1.82, 2.24) is 9.78 Å². The third kappa shape index (κ3) is 3.07. The summed E-state index contributed by atoms with van der Waals surface area (Å²) in [4.78, 5) is 22.9. The highest BCUT2D eigenvalue weighted by Crippen LogP contribution is 2.37. The van der Waals surface area contributed by atoms with E-state index in [-0.39, 0.29) is 12.4 Å². The lowest BCUT2D eigenvalue weighted by molar-refractivity contribution is -0.137. The number of nitrogens with zero attached hydrogens (tertiary/aromatic N) is 2. The average Bonchev–Trinajstić information content (AvgIpc) is 2.96. The minimum absolute atomic E-state index is 0.149. The van der Waals surface area contributed by atoms with Crippen LogP contribution < -0.4 is 5.32 Å². The normalized spacial score (nSPS) is 17.6. The Labute approximate surface area is 122 Å².